The van der Waals surface area contributed by atoms with Crippen LogP contribution in [0.2, 0.25) is 0 Å². The number of para-hydroxylation sites is 2. The fraction of sp³-hybridized carbons (Fsp3) is 0.200. The third-order valence-corrected chi connectivity index (χ3v) is 6.38. The van der Waals surface area contributed by atoms with Crippen LogP contribution >= 0.6 is 11.8 Å². The Hall–Kier alpha value is -3.85. The fourth-order valence-electron chi connectivity index (χ4n) is 3.39. The third kappa shape index (κ3) is 5.04. The number of hydrogen-bond donors (Lipinski definition) is 1. The van der Waals surface area contributed by atoms with E-state index in [9.17, 15) is 9.59 Å². The number of hydrogen-bond acceptors (Lipinski definition) is 7. The van der Waals surface area contributed by atoms with Gasteiger partial charge in [-0.05, 0) is 37.6 Å². The number of thioether (sulfide) groups is 1. The summed E-state index contributed by atoms with van der Waals surface area (Å²) in [5.74, 6) is 1.07. The predicted octanol–water partition coefficient (Wildman–Crippen LogP) is 4.89. The van der Waals surface area contributed by atoms with Gasteiger partial charge in [-0.25, -0.2) is 4.99 Å². The zero-order valence-electron chi connectivity index (χ0n) is 19.0. The lowest BCUT2D eigenvalue weighted by molar-refractivity contribution is -0.116. The number of methoxy groups -OCH3 is 1. The highest BCUT2D eigenvalue weighted by atomic mass is 32.2. The number of amidine groups is 1. The number of rotatable bonds is 7. The first kappa shape index (κ1) is 23.3. The molecule has 0 fully saturated rings. The Morgan fingerprint density at radius 2 is 1.94 bits per heavy atom. The van der Waals surface area contributed by atoms with Crippen LogP contribution in [-0.2, 0) is 9.59 Å². The Kier molecular flexibility index (Phi) is 7.12. The van der Waals surface area contributed by atoms with Crippen molar-refractivity contribution in [1.29, 1.82) is 0 Å². The Labute approximate surface area is 201 Å². The molecule has 9 heteroatoms. The van der Waals surface area contributed by atoms with Gasteiger partial charge in [-0.15, -0.1) is 0 Å². The Bertz CT molecular complexity index is 1250. The van der Waals surface area contributed by atoms with Gasteiger partial charge in [0.15, 0.2) is 11.0 Å². The molecule has 1 aliphatic rings. The average molecular weight is 477 g/mol. The van der Waals surface area contributed by atoms with Crippen LogP contribution in [-0.4, -0.2) is 34.5 Å². The number of anilines is 2. The van der Waals surface area contributed by atoms with E-state index in [2.05, 4.69) is 15.5 Å². The second-order valence-corrected chi connectivity index (χ2v) is 8.64. The number of aliphatic imine (C=N–C) groups is 1. The van der Waals surface area contributed by atoms with Gasteiger partial charge in [0.25, 0.3) is 5.91 Å². The molecule has 3 aromatic rings. The van der Waals surface area contributed by atoms with Gasteiger partial charge in [0, 0.05) is 11.6 Å². The first-order chi connectivity index (χ1) is 16.5. The van der Waals surface area contributed by atoms with E-state index in [4.69, 9.17) is 9.26 Å². The molecule has 34 heavy (non-hydrogen) atoms. The van der Waals surface area contributed by atoms with Gasteiger partial charge >= 0.3 is 0 Å². The summed E-state index contributed by atoms with van der Waals surface area (Å²) < 4.78 is 10.4. The van der Waals surface area contributed by atoms with E-state index in [-0.39, 0.29) is 17.5 Å². The van der Waals surface area contributed by atoms with Crippen LogP contribution in [0.3, 0.4) is 0 Å². The second-order valence-electron chi connectivity index (χ2n) is 7.47. The summed E-state index contributed by atoms with van der Waals surface area (Å²) in [6, 6.07) is 18.3. The minimum Gasteiger partial charge on any atom is -0.496 e. The van der Waals surface area contributed by atoms with Crippen LogP contribution in [0, 0.1) is 6.92 Å². The molecule has 4 rings (SSSR count). The van der Waals surface area contributed by atoms with Crippen molar-refractivity contribution in [1.82, 2.24) is 5.16 Å². The van der Waals surface area contributed by atoms with Crippen molar-refractivity contribution in [3.8, 4) is 5.75 Å². The minimum atomic E-state index is -0.500. The van der Waals surface area contributed by atoms with Crippen molar-refractivity contribution >= 4 is 46.3 Å². The lowest BCUT2D eigenvalue weighted by Crippen LogP contribution is -2.34. The molecule has 0 saturated heterocycles. The molecule has 2 heterocycles. The van der Waals surface area contributed by atoms with Crippen LogP contribution in [0.15, 0.2) is 75.9 Å². The van der Waals surface area contributed by atoms with E-state index in [1.54, 1.807) is 26.2 Å². The van der Waals surface area contributed by atoms with Crippen molar-refractivity contribution in [2.24, 2.45) is 4.99 Å². The number of carbonyl (C=O) groups is 2. The maximum absolute atomic E-state index is 13.4. The molecule has 0 spiro atoms. The van der Waals surface area contributed by atoms with Gasteiger partial charge in [-0.3, -0.25) is 14.5 Å². The number of ether oxygens (including phenoxy) is 1. The molecule has 8 nitrogen and oxygen atoms in total. The molecule has 0 radical (unpaired) electrons. The van der Waals surface area contributed by atoms with Crippen LogP contribution in [0.4, 0.5) is 11.5 Å². The lowest BCUT2D eigenvalue weighted by Gasteiger charge is -2.20. The van der Waals surface area contributed by atoms with Crippen LogP contribution < -0.4 is 15.0 Å². The molecule has 1 aromatic heterocycles. The van der Waals surface area contributed by atoms with E-state index in [1.165, 1.54) is 16.7 Å². The molecule has 0 aliphatic carbocycles. The van der Waals surface area contributed by atoms with E-state index in [0.29, 0.717) is 34.6 Å². The van der Waals surface area contributed by atoms with Gasteiger partial charge in [-0.2, -0.15) is 0 Å². The van der Waals surface area contributed by atoms with E-state index >= 15 is 0 Å². The Morgan fingerprint density at radius 3 is 2.62 bits per heavy atom. The van der Waals surface area contributed by atoms with Crippen molar-refractivity contribution in [2.45, 2.75) is 25.5 Å². The molecule has 0 saturated carbocycles. The van der Waals surface area contributed by atoms with Gasteiger partial charge in [-0.1, -0.05) is 60.2 Å². The topological polar surface area (TPSA) is 97.0 Å². The number of carbonyl (C=O) groups excluding carboxylic acids is 2. The number of nitrogens with zero attached hydrogens (tertiary/aromatic N) is 3. The highest BCUT2D eigenvalue weighted by molar-refractivity contribution is 8.15. The molecule has 0 bridgehead atoms. The summed E-state index contributed by atoms with van der Waals surface area (Å²) in [7, 11) is 1.58. The highest BCUT2D eigenvalue weighted by Gasteiger charge is 2.35. The maximum Gasteiger partial charge on any atom is 0.283 e. The summed E-state index contributed by atoms with van der Waals surface area (Å²) in [4.78, 5) is 32.5. The SMILES string of the molecule is CC[C@H](SC1=N/C(=C/c2ccccc2OC)C(=O)N1c1ccccc1)C(=O)Nc1cc(C)on1. The molecule has 2 aromatic carbocycles. The summed E-state index contributed by atoms with van der Waals surface area (Å²) in [6.07, 6.45) is 2.22. The van der Waals surface area contributed by atoms with Crippen molar-refractivity contribution in [2.75, 3.05) is 17.3 Å². The first-order valence-electron chi connectivity index (χ1n) is 10.7. The van der Waals surface area contributed by atoms with E-state index < -0.39 is 5.25 Å². The number of aryl methyl sites for hydroxylation is 1. The molecular weight excluding hydrogens is 452 g/mol. The standard InChI is InChI=1S/C25H24N4O4S/c1-4-21(23(30)27-22-14-16(2)33-28-22)34-25-26-19(15-17-10-8-9-13-20(17)32-3)24(31)29(25)18-11-6-5-7-12-18/h5-15,21H,4H2,1-3H3,(H,27,28,30)/b19-15+/t21-/m0/s1. The third-order valence-electron chi connectivity index (χ3n) is 5.07. The summed E-state index contributed by atoms with van der Waals surface area (Å²) in [5.41, 5.74) is 1.67. The second kappa shape index (κ2) is 10.4. The van der Waals surface area contributed by atoms with Gasteiger partial charge in [0.2, 0.25) is 5.91 Å². The fourth-order valence-corrected chi connectivity index (χ4v) is 4.43. The minimum absolute atomic E-state index is 0.244. The molecule has 174 valence electrons. The maximum atomic E-state index is 13.4. The van der Waals surface area contributed by atoms with Crippen LogP contribution in [0.25, 0.3) is 6.08 Å². The van der Waals surface area contributed by atoms with Crippen molar-refractivity contribution in [3.05, 3.63) is 77.7 Å². The normalized spacial score (nSPS) is 15.4. The van der Waals surface area contributed by atoms with E-state index in [1.807, 2.05) is 61.5 Å². The molecule has 1 N–H and O–H groups in total. The zero-order chi connectivity index (χ0) is 24.1. The summed E-state index contributed by atoms with van der Waals surface area (Å²) in [5, 5.41) is 6.51. The molecular formula is C25H24N4O4S. The van der Waals surface area contributed by atoms with Crippen LogP contribution in [0.5, 0.6) is 5.75 Å². The average Bonchev–Trinajstić information content (AvgIpc) is 3.40. The van der Waals surface area contributed by atoms with Gasteiger partial charge < -0.3 is 14.6 Å². The van der Waals surface area contributed by atoms with Crippen molar-refractivity contribution in [3.63, 3.8) is 0 Å². The smallest absolute Gasteiger partial charge is 0.283 e. The Balaban J connectivity index is 1.66. The molecule has 2 amide bonds. The highest BCUT2D eigenvalue weighted by Crippen LogP contribution is 2.33. The number of nitrogens with one attached hydrogen (secondary N) is 1. The van der Waals surface area contributed by atoms with Crippen LogP contribution in [0.1, 0.15) is 24.7 Å². The Morgan fingerprint density at radius 1 is 1.21 bits per heavy atom. The number of benzene rings is 2. The summed E-state index contributed by atoms with van der Waals surface area (Å²) in [6.45, 7) is 3.65. The van der Waals surface area contributed by atoms with Crippen molar-refractivity contribution < 1.29 is 18.8 Å². The molecule has 1 aliphatic heterocycles. The van der Waals surface area contributed by atoms with Gasteiger partial charge in [0.05, 0.1) is 18.0 Å². The first-order valence-corrected chi connectivity index (χ1v) is 11.6. The lowest BCUT2D eigenvalue weighted by atomic mass is 10.1. The zero-order valence-corrected chi connectivity index (χ0v) is 19.8. The number of amides is 2. The number of aromatic nitrogens is 1. The summed E-state index contributed by atoms with van der Waals surface area (Å²) >= 11 is 1.23. The monoisotopic (exact) mass is 476 g/mol. The predicted molar refractivity (Wildman–Crippen MR) is 134 cm³/mol. The molecule has 1 atom stereocenters. The van der Waals surface area contributed by atoms with E-state index in [0.717, 1.165) is 5.56 Å². The van der Waals surface area contributed by atoms with Gasteiger partial charge in [0.1, 0.15) is 17.2 Å². The largest absolute Gasteiger partial charge is 0.496 e. The molecule has 0 unspecified atom stereocenters. The quantitative estimate of drug-likeness (QED) is 0.488.